The van der Waals surface area contributed by atoms with Crippen LogP contribution in [-0.4, -0.2) is 20.7 Å². The molecule has 0 radical (unpaired) electrons. The minimum absolute atomic E-state index is 0.138. The number of halogens is 1. The average Bonchev–Trinajstić information content (AvgIpc) is 3.20. The first kappa shape index (κ1) is 16.8. The second-order valence-electron chi connectivity index (χ2n) is 5.85. The number of hydrogen-bond donors (Lipinski definition) is 1. The number of hydrogen-bond acceptors (Lipinski definition) is 4. The van der Waals surface area contributed by atoms with E-state index in [0.717, 1.165) is 27.2 Å². The van der Waals surface area contributed by atoms with Gasteiger partial charge in [-0.15, -0.1) is 11.3 Å². The number of aryl methyl sites for hydroxylation is 1. The van der Waals surface area contributed by atoms with E-state index in [1.54, 1.807) is 24.5 Å². The predicted octanol–water partition coefficient (Wildman–Crippen LogP) is 4.76. The molecule has 1 amide bonds. The van der Waals surface area contributed by atoms with Gasteiger partial charge in [-0.2, -0.15) is 5.10 Å². The van der Waals surface area contributed by atoms with Gasteiger partial charge in [0.2, 0.25) is 0 Å². The van der Waals surface area contributed by atoms with Crippen LogP contribution in [0.25, 0.3) is 10.2 Å². The van der Waals surface area contributed by atoms with Gasteiger partial charge in [0.25, 0.3) is 5.91 Å². The first-order valence-electron chi connectivity index (χ1n) is 8.03. The smallest absolute Gasteiger partial charge is 0.265 e. The minimum Gasteiger partial charge on any atom is -0.321 e. The van der Waals surface area contributed by atoms with Gasteiger partial charge in [-0.25, -0.2) is 0 Å². The Labute approximate surface area is 159 Å². The van der Waals surface area contributed by atoms with Crippen LogP contribution in [0.2, 0.25) is 5.02 Å². The summed E-state index contributed by atoms with van der Waals surface area (Å²) in [5, 5.41) is 9.18. The molecule has 1 aromatic carbocycles. The third-order valence-corrected chi connectivity index (χ3v) is 5.56. The summed E-state index contributed by atoms with van der Waals surface area (Å²) in [4.78, 5) is 18.1. The standard InChI is InChI=1S/C19H15ClN4OS/c1-12-15-10-17(18(25)22-14-6-8-21-9-7-14)26-19(15)24(23-12)11-13-4-2-3-5-16(13)20/h2-10H,11H2,1H3,(H,21,22,25). The van der Waals surface area contributed by atoms with E-state index < -0.39 is 0 Å². The van der Waals surface area contributed by atoms with Crippen molar-refractivity contribution in [3.05, 3.63) is 76.0 Å². The predicted molar refractivity (Wildman–Crippen MR) is 105 cm³/mol. The number of carbonyl (C=O) groups excluding carboxylic acids is 1. The highest BCUT2D eigenvalue weighted by atomic mass is 35.5. The number of aromatic nitrogens is 3. The summed E-state index contributed by atoms with van der Waals surface area (Å²) in [6.07, 6.45) is 3.29. The number of nitrogens with one attached hydrogen (secondary N) is 1. The molecule has 0 atom stereocenters. The van der Waals surface area contributed by atoms with Crippen molar-refractivity contribution in [2.24, 2.45) is 0 Å². The number of benzene rings is 1. The zero-order chi connectivity index (χ0) is 18.1. The number of amides is 1. The first-order chi connectivity index (χ1) is 12.6. The van der Waals surface area contributed by atoms with Gasteiger partial charge in [-0.3, -0.25) is 14.5 Å². The van der Waals surface area contributed by atoms with Crippen molar-refractivity contribution in [1.29, 1.82) is 0 Å². The van der Waals surface area contributed by atoms with Gasteiger partial charge < -0.3 is 5.32 Å². The van der Waals surface area contributed by atoms with Crippen molar-refractivity contribution in [2.75, 3.05) is 5.32 Å². The number of nitrogens with zero attached hydrogens (tertiary/aromatic N) is 3. The van der Waals surface area contributed by atoms with Crippen LogP contribution >= 0.6 is 22.9 Å². The van der Waals surface area contributed by atoms with E-state index in [1.807, 2.05) is 41.9 Å². The van der Waals surface area contributed by atoms with Gasteiger partial charge in [-0.05, 0) is 36.8 Å². The van der Waals surface area contributed by atoms with Gasteiger partial charge in [0.1, 0.15) is 4.83 Å². The third kappa shape index (κ3) is 3.21. The molecular formula is C19H15ClN4OS. The van der Waals surface area contributed by atoms with Gasteiger partial charge in [0.05, 0.1) is 17.1 Å². The number of rotatable bonds is 4. The van der Waals surface area contributed by atoms with Crippen LogP contribution in [0.1, 0.15) is 20.9 Å². The molecule has 0 aliphatic heterocycles. The molecule has 7 heteroatoms. The normalized spacial score (nSPS) is 11.0. The first-order valence-corrected chi connectivity index (χ1v) is 9.23. The van der Waals surface area contributed by atoms with Crippen LogP contribution in [0.4, 0.5) is 5.69 Å². The highest BCUT2D eigenvalue weighted by molar-refractivity contribution is 7.20. The molecule has 3 heterocycles. The minimum atomic E-state index is -0.138. The zero-order valence-electron chi connectivity index (χ0n) is 13.9. The molecule has 0 fully saturated rings. The molecule has 0 aliphatic rings. The number of anilines is 1. The van der Waals surface area contributed by atoms with Gasteiger partial charge in [0, 0.05) is 28.5 Å². The van der Waals surface area contributed by atoms with E-state index in [-0.39, 0.29) is 5.91 Å². The maximum Gasteiger partial charge on any atom is 0.265 e. The maximum atomic E-state index is 12.5. The summed E-state index contributed by atoms with van der Waals surface area (Å²) in [5.74, 6) is -0.138. The number of thiophene rings is 1. The SMILES string of the molecule is Cc1nn(Cc2ccccc2Cl)c2sc(C(=O)Nc3ccncc3)cc12. The Balaban J connectivity index is 1.65. The van der Waals surface area contributed by atoms with E-state index in [9.17, 15) is 4.79 Å². The fourth-order valence-corrected chi connectivity index (χ4v) is 4.00. The highest BCUT2D eigenvalue weighted by Gasteiger charge is 2.17. The monoisotopic (exact) mass is 382 g/mol. The second-order valence-corrected chi connectivity index (χ2v) is 7.29. The summed E-state index contributed by atoms with van der Waals surface area (Å²) >= 11 is 7.70. The van der Waals surface area contributed by atoms with E-state index in [0.29, 0.717) is 16.4 Å². The molecule has 0 saturated heterocycles. The summed E-state index contributed by atoms with van der Waals surface area (Å²) in [6.45, 7) is 2.51. The van der Waals surface area contributed by atoms with E-state index >= 15 is 0 Å². The molecule has 5 nitrogen and oxygen atoms in total. The van der Waals surface area contributed by atoms with Crippen LogP contribution < -0.4 is 5.32 Å². The number of pyridine rings is 1. The molecule has 26 heavy (non-hydrogen) atoms. The lowest BCUT2D eigenvalue weighted by Gasteiger charge is -2.05. The fraction of sp³-hybridized carbons (Fsp3) is 0.105. The summed E-state index contributed by atoms with van der Waals surface area (Å²) in [5.41, 5.74) is 2.61. The van der Waals surface area contributed by atoms with Crippen LogP contribution in [0.5, 0.6) is 0 Å². The van der Waals surface area contributed by atoms with Crippen molar-refractivity contribution in [2.45, 2.75) is 13.5 Å². The Hall–Kier alpha value is -2.70. The molecule has 1 N–H and O–H groups in total. The lowest BCUT2D eigenvalue weighted by Crippen LogP contribution is -2.10. The summed E-state index contributed by atoms with van der Waals surface area (Å²) in [6, 6.07) is 13.1. The summed E-state index contributed by atoms with van der Waals surface area (Å²) < 4.78 is 1.90. The number of carbonyl (C=O) groups is 1. The van der Waals surface area contributed by atoms with E-state index in [4.69, 9.17) is 11.6 Å². The molecule has 0 aliphatic carbocycles. The van der Waals surface area contributed by atoms with Crippen molar-refractivity contribution >= 4 is 44.7 Å². The highest BCUT2D eigenvalue weighted by Crippen LogP contribution is 2.30. The van der Waals surface area contributed by atoms with Crippen LogP contribution in [-0.2, 0) is 6.54 Å². The lowest BCUT2D eigenvalue weighted by molar-refractivity contribution is 0.103. The van der Waals surface area contributed by atoms with E-state index in [2.05, 4.69) is 15.4 Å². The Morgan fingerprint density at radius 3 is 2.77 bits per heavy atom. The molecule has 0 saturated carbocycles. The van der Waals surface area contributed by atoms with E-state index in [1.165, 1.54) is 11.3 Å². The quantitative estimate of drug-likeness (QED) is 0.553. The molecule has 0 bridgehead atoms. The van der Waals surface area contributed by atoms with Crippen molar-refractivity contribution < 1.29 is 4.79 Å². The Bertz CT molecular complexity index is 1090. The average molecular weight is 383 g/mol. The van der Waals surface area contributed by atoms with Crippen LogP contribution in [0.3, 0.4) is 0 Å². The summed E-state index contributed by atoms with van der Waals surface area (Å²) in [7, 11) is 0. The molecular weight excluding hydrogens is 368 g/mol. The Kier molecular flexibility index (Phi) is 4.44. The molecule has 130 valence electrons. The third-order valence-electron chi connectivity index (χ3n) is 4.05. The van der Waals surface area contributed by atoms with Gasteiger partial charge in [0.15, 0.2) is 0 Å². The largest absolute Gasteiger partial charge is 0.321 e. The maximum absolute atomic E-state index is 12.5. The Morgan fingerprint density at radius 1 is 1.23 bits per heavy atom. The Morgan fingerprint density at radius 2 is 2.00 bits per heavy atom. The van der Waals surface area contributed by atoms with Crippen LogP contribution in [0, 0.1) is 6.92 Å². The molecule has 0 unspecified atom stereocenters. The second kappa shape index (κ2) is 6.90. The number of fused-ring (bicyclic) bond motifs is 1. The van der Waals surface area contributed by atoms with Crippen molar-refractivity contribution in [3.63, 3.8) is 0 Å². The van der Waals surface area contributed by atoms with Gasteiger partial charge in [-0.1, -0.05) is 29.8 Å². The topological polar surface area (TPSA) is 59.8 Å². The van der Waals surface area contributed by atoms with Crippen molar-refractivity contribution in [1.82, 2.24) is 14.8 Å². The molecule has 3 aromatic heterocycles. The molecule has 4 rings (SSSR count). The lowest BCUT2D eigenvalue weighted by atomic mass is 10.2. The fourth-order valence-electron chi connectivity index (χ4n) is 2.75. The molecule has 4 aromatic rings. The van der Waals surface area contributed by atoms with Crippen molar-refractivity contribution in [3.8, 4) is 0 Å². The zero-order valence-corrected chi connectivity index (χ0v) is 15.5. The van der Waals surface area contributed by atoms with Crippen LogP contribution in [0.15, 0.2) is 54.9 Å². The molecule has 0 spiro atoms. The van der Waals surface area contributed by atoms with Gasteiger partial charge >= 0.3 is 0 Å².